The highest BCUT2D eigenvalue weighted by Crippen LogP contribution is 2.26. The molecule has 26 heavy (non-hydrogen) atoms. The molecule has 0 spiro atoms. The predicted molar refractivity (Wildman–Crippen MR) is 101 cm³/mol. The maximum absolute atomic E-state index is 12.7. The predicted octanol–water partition coefficient (Wildman–Crippen LogP) is 2.10. The topological polar surface area (TPSA) is 61.6 Å². The molecule has 1 saturated heterocycles. The zero-order chi connectivity index (χ0) is 18.5. The number of phenols is 1. The van der Waals surface area contributed by atoms with Gasteiger partial charge in [-0.1, -0.05) is 12.1 Å². The number of carbonyl (C=O) groups excluding carboxylic acids is 1. The lowest BCUT2D eigenvalue weighted by atomic mass is 9.96. The molecule has 1 atom stereocenters. The third-order valence-electron chi connectivity index (χ3n) is 4.97. The van der Waals surface area contributed by atoms with Crippen molar-refractivity contribution in [1.29, 1.82) is 0 Å². The maximum atomic E-state index is 12.7. The molecule has 1 aliphatic heterocycles. The molecule has 1 aromatic carbocycles. The molecule has 0 bridgehead atoms. The lowest BCUT2D eigenvalue weighted by Gasteiger charge is -2.33. The molecule has 1 aliphatic rings. The highest BCUT2D eigenvalue weighted by molar-refractivity contribution is 5.79. The van der Waals surface area contributed by atoms with Crippen LogP contribution in [0.4, 0.5) is 0 Å². The van der Waals surface area contributed by atoms with Crippen LogP contribution in [0.2, 0.25) is 0 Å². The number of nitrogens with zero attached hydrogens (tertiary/aromatic N) is 4. The van der Waals surface area contributed by atoms with Gasteiger partial charge < -0.3 is 19.5 Å². The summed E-state index contributed by atoms with van der Waals surface area (Å²) < 4.78 is 2.22. The molecule has 1 amide bonds. The molecule has 6 nitrogen and oxygen atoms in total. The van der Waals surface area contributed by atoms with Gasteiger partial charge in [-0.05, 0) is 44.6 Å². The number of rotatable bonds is 6. The number of amides is 1. The summed E-state index contributed by atoms with van der Waals surface area (Å²) in [6, 6.07) is 6.87. The number of carbonyl (C=O) groups is 1. The molecule has 140 valence electrons. The lowest BCUT2D eigenvalue weighted by Crippen LogP contribution is -2.40. The molecular weight excluding hydrogens is 328 g/mol. The number of hydrogen-bond acceptors (Lipinski definition) is 4. The van der Waals surface area contributed by atoms with Crippen LogP contribution in [0.25, 0.3) is 0 Å². The second kappa shape index (κ2) is 8.36. The highest BCUT2D eigenvalue weighted by Gasteiger charge is 2.27. The van der Waals surface area contributed by atoms with E-state index in [4.69, 9.17) is 0 Å². The van der Waals surface area contributed by atoms with Crippen molar-refractivity contribution in [1.82, 2.24) is 19.4 Å². The molecule has 2 heterocycles. The van der Waals surface area contributed by atoms with Crippen molar-refractivity contribution in [3.63, 3.8) is 0 Å². The number of imidazole rings is 1. The quantitative estimate of drug-likeness (QED) is 0.861. The van der Waals surface area contributed by atoms with Crippen molar-refractivity contribution in [3.8, 4) is 5.75 Å². The van der Waals surface area contributed by atoms with Crippen molar-refractivity contribution in [2.75, 3.05) is 33.7 Å². The summed E-state index contributed by atoms with van der Waals surface area (Å²) in [4.78, 5) is 21.4. The minimum Gasteiger partial charge on any atom is -0.508 e. The molecule has 0 aliphatic carbocycles. The Kier molecular flexibility index (Phi) is 5.93. The lowest BCUT2D eigenvalue weighted by molar-refractivity contribution is -0.131. The van der Waals surface area contributed by atoms with Crippen molar-refractivity contribution < 1.29 is 9.90 Å². The third-order valence-corrected chi connectivity index (χ3v) is 4.97. The van der Waals surface area contributed by atoms with Crippen LogP contribution in [0.3, 0.4) is 0 Å². The van der Waals surface area contributed by atoms with Gasteiger partial charge in [0.1, 0.15) is 11.6 Å². The Labute approximate surface area is 155 Å². The molecule has 0 unspecified atom stereocenters. The minimum atomic E-state index is 0.145. The first-order chi connectivity index (χ1) is 12.5. The minimum absolute atomic E-state index is 0.145. The Balaban J connectivity index is 1.63. The van der Waals surface area contributed by atoms with Crippen LogP contribution in [0.1, 0.15) is 30.1 Å². The fraction of sp³-hybridized carbons (Fsp3) is 0.500. The Morgan fingerprint density at radius 3 is 2.81 bits per heavy atom. The van der Waals surface area contributed by atoms with Crippen molar-refractivity contribution in [2.24, 2.45) is 0 Å². The molecule has 1 aromatic heterocycles. The van der Waals surface area contributed by atoms with Crippen LogP contribution >= 0.6 is 0 Å². The first-order valence-electron chi connectivity index (χ1n) is 9.24. The molecule has 3 rings (SSSR count). The summed E-state index contributed by atoms with van der Waals surface area (Å²) in [5.41, 5.74) is 0.933. The zero-order valence-electron chi connectivity index (χ0n) is 15.6. The van der Waals surface area contributed by atoms with E-state index in [-0.39, 0.29) is 11.7 Å². The molecule has 2 aromatic rings. The van der Waals surface area contributed by atoms with Gasteiger partial charge in [-0.25, -0.2) is 4.98 Å². The molecule has 6 heteroatoms. The summed E-state index contributed by atoms with van der Waals surface area (Å²) >= 11 is 0. The first kappa shape index (κ1) is 18.5. The highest BCUT2D eigenvalue weighted by atomic mass is 16.3. The van der Waals surface area contributed by atoms with Crippen LogP contribution in [-0.4, -0.2) is 64.1 Å². The zero-order valence-corrected chi connectivity index (χ0v) is 15.6. The van der Waals surface area contributed by atoms with Gasteiger partial charge in [0.15, 0.2) is 0 Å². The number of aromatic hydroxyl groups is 1. The average Bonchev–Trinajstić information content (AvgIpc) is 3.10. The van der Waals surface area contributed by atoms with E-state index in [0.717, 1.165) is 50.4 Å². The number of piperidine rings is 1. The van der Waals surface area contributed by atoms with E-state index < -0.39 is 0 Å². The number of likely N-dealkylation sites (tertiary alicyclic amines) is 1. The molecule has 1 N–H and O–H groups in total. The van der Waals surface area contributed by atoms with Gasteiger partial charge >= 0.3 is 0 Å². The number of likely N-dealkylation sites (N-methyl/N-ethyl adjacent to an activating group) is 1. The largest absolute Gasteiger partial charge is 0.508 e. The Bertz CT molecular complexity index is 724. The normalized spacial score (nSPS) is 17.7. The number of aromatic nitrogens is 2. The smallest absolute Gasteiger partial charge is 0.227 e. The van der Waals surface area contributed by atoms with Gasteiger partial charge in [0.25, 0.3) is 0 Å². The van der Waals surface area contributed by atoms with Crippen LogP contribution in [0.15, 0.2) is 36.7 Å². The van der Waals surface area contributed by atoms with E-state index in [1.165, 1.54) is 0 Å². The van der Waals surface area contributed by atoms with E-state index in [2.05, 4.69) is 28.5 Å². The van der Waals surface area contributed by atoms with Crippen LogP contribution in [0, 0.1) is 0 Å². The van der Waals surface area contributed by atoms with Crippen molar-refractivity contribution in [2.45, 2.75) is 31.7 Å². The fourth-order valence-electron chi connectivity index (χ4n) is 3.49. The van der Waals surface area contributed by atoms with E-state index in [1.54, 1.807) is 12.1 Å². The van der Waals surface area contributed by atoms with Gasteiger partial charge in [-0.15, -0.1) is 0 Å². The fourth-order valence-corrected chi connectivity index (χ4v) is 3.49. The van der Waals surface area contributed by atoms with Gasteiger partial charge in [-0.2, -0.15) is 0 Å². The summed E-state index contributed by atoms with van der Waals surface area (Å²) in [6.45, 7) is 3.43. The van der Waals surface area contributed by atoms with E-state index in [1.807, 2.05) is 29.4 Å². The summed E-state index contributed by atoms with van der Waals surface area (Å²) in [5.74, 6) is 1.76. The molecule has 1 fully saturated rings. The van der Waals surface area contributed by atoms with Crippen molar-refractivity contribution >= 4 is 5.91 Å². The Morgan fingerprint density at radius 1 is 1.31 bits per heavy atom. The molecule has 0 saturated carbocycles. The maximum Gasteiger partial charge on any atom is 0.227 e. The standard InChI is InChI=1S/C20H28N4O2/c1-22(2)12-13-23-11-9-21-20(23)17-4-3-10-24(15-17)19(26)14-16-5-7-18(25)8-6-16/h5-9,11,17,25H,3-4,10,12-15H2,1-2H3/t17-/m1/s1. The summed E-state index contributed by atoms with van der Waals surface area (Å²) in [7, 11) is 4.14. The van der Waals surface area contributed by atoms with E-state index >= 15 is 0 Å². The van der Waals surface area contributed by atoms with Crippen LogP contribution in [-0.2, 0) is 17.8 Å². The van der Waals surface area contributed by atoms with Crippen molar-refractivity contribution in [3.05, 3.63) is 48.0 Å². The Hall–Kier alpha value is -2.34. The van der Waals surface area contributed by atoms with Gasteiger partial charge in [0, 0.05) is 44.5 Å². The average molecular weight is 356 g/mol. The molecular formula is C20H28N4O2. The molecule has 0 radical (unpaired) electrons. The summed E-state index contributed by atoms with van der Waals surface area (Å²) in [5, 5.41) is 9.38. The first-order valence-corrected chi connectivity index (χ1v) is 9.24. The third kappa shape index (κ3) is 4.64. The van der Waals surface area contributed by atoms with Gasteiger partial charge in [0.05, 0.1) is 6.42 Å². The van der Waals surface area contributed by atoms with E-state index in [9.17, 15) is 9.90 Å². The summed E-state index contributed by atoms with van der Waals surface area (Å²) in [6.07, 6.45) is 6.36. The second-order valence-corrected chi connectivity index (χ2v) is 7.30. The Morgan fingerprint density at radius 2 is 2.08 bits per heavy atom. The second-order valence-electron chi connectivity index (χ2n) is 7.30. The number of benzene rings is 1. The van der Waals surface area contributed by atoms with Crippen LogP contribution < -0.4 is 0 Å². The van der Waals surface area contributed by atoms with Gasteiger partial charge in [0.2, 0.25) is 5.91 Å². The monoisotopic (exact) mass is 356 g/mol. The SMILES string of the molecule is CN(C)CCn1ccnc1[C@@H]1CCCN(C(=O)Cc2ccc(O)cc2)C1. The van der Waals surface area contributed by atoms with E-state index in [0.29, 0.717) is 12.3 Å². The number of phenolic OH excluding ortho intramolecular Hbond substituents is 1. The van der Waals surface area contributed by atoms with Gasteiger partial charge in [-0.3, -0.25) is 4.79 Å². The number of hydrogen-bond donors (Lipinski definition) is 1. The van der Waals surface area contributed by atoms with Crippen LogP contribution in [0.5, 0.6) is 5.75 Å².